The van der Waals surface area contributed by atoms with Gasteiger partial charge >= 0.3 is 6.18 Å². The van der Waals surface area contributed by atoms with E-state index in [1.165, 1.54) is 6.42 Å². The van der Waals surface area contributed by atoms with Crippen molar-refractivity contribution < 1.29 is 22.3 Å². The molecule has 8 heteroatoms. The zero-order valence-electron chi connectivity index (χ0n) is 18.5. The first-order valence-corrected chi connectivity index (χ1v) is 13.6. The van der Waals surface area contributed by atoms with Crippen LogP contribution in [0.3, 0.4) is 0 Å². The summed E-state index contributed by atoms with van der Waals surface area (Å²) in [5, 5.41) is 17.8. The van der Waals surface area contributed by atoms with Crippen molar-refractivity contribution in [3.8, 4) is 17.9 Å². The molecule has 0 radical (unpaired) electrons. The summed E-state index contributed by atoms with van der Waals surface area (Å²) < 4.78 is 60.0. The fourth-order valence-electron chi connectivity index (χ4n) is 6.33. The van der Waals surface area contributed by atoms with Crippen molar-refractivity contribution >= 4 is 12.9 Å². The van der Waals surface area contributed by atoms with E-state index in [1.54, 1.807) is 24.3 Å². The Morgan fingerprint density at radius 3 is 2.09 bits per heavy atom. The molecule has 4 bridgehead atoms. The average Bonchev–Trinajstić information content (AvgIpc) is 2.74. The second kappa shape index (κ2) is 9.55. The van der Waals surface area contributed by atoms with Crippen LogP contribution >= 0.6 is 7.37 Å². The predicted molar refractivity (Wildman–Crippen MR) is 120 cm³/mol. The summed E-state index contributed by atoms with van der Waals surface area (Å²) in [6.45, 7) is 0. The van der Waals surface area contributed by atoms with E-state index in [1.807, 2.05) is 12.1 Å². The predicted octanol–water partition coefficient (Wildman–Crippen LogP) is 7.33. The Labute approximate surface area is 192 Å². The lowest BCUT2D eigenvalue weighted by Gasteiger charge is -2.52. The van der Waals surface area contributed by atoms with Crippen LogP contribution in [0.25, 0.3) is 5.57 Å². The Balaban J connectivity index is 1.68. The van der Waals surface area contributed by atoms with E-state index in [9.17, 15) is 17.7 Å². The van der Waals surface area contributed by atoms with Gasteiger partial charge in [0, 0.05) is 25.2 Å². The van der Waals surface area contributed by atoms with E-state index >= 15 is 0 Å². The van der Waals surface area contributed by atoms with Gasteiger partial charge in [-0.3, -0.25) is 4.57 Å². The minimum absolute atomic E-state index is 0.0127. The molecule has 1 aromatic carbocycles. The number of alkyl halides is 3. The molecule has 0 heterocycles. The second-order valence-electron chi connectivity index (χ2n) is 9.73. The lowest BCUT2D eigenvalue weighted by Crippen LogP contribution is -2.41. The second-order valence-corrected chi connectivity index (χ2v) is 12.4. The van der Waals surface area contributed by atoms with Gasteiger partial charge in [-0.15, -0.1) is 0 Å². The lowest BCUT2D eigenvalue weighted by atomic mass is 9.53. The Hall–Kier alpha value is -2.24. The topological polar surface area (TPSA) is 73.9 Å². The molecular formula is C25H28F3N2O2P. The molecule has 5 rings (SSSR count). The lowest BCUT2D eigenvalue weighted by molar-refractivity contribution is -0.123. The van der Waals surface area contributed by atoms with Crippen LogP contribution in [0, 0.1) is 46.3 Å². The monoisotopic (exact) mass is 476 g/mol. The van der Waals surface area contributed by atoms with E-state index in [0.717, 1.165) is 31.3 Å². The Morgan fingerprint density at radius 2 is 1.58 bits per heavy atom. The highest BCUT2D eigenvalue weighted by molar-refractivity contribution is 7.59. The maximum absolute atomic E-state index is 13.7. The van der Waals surface area contributed by atoms with Gasteiger partial charge in [0.15, 0.2) is 0 Å². The van der Waals surface area contributed by atoms with Gasteiger partial charge in [-0.25, -0.2) is 0 Å². The van der Waals surface area contributed by atoms with Gasteiger partial charge in [-0.1, -0.05) is 17.7 Å². The van der Waals surface area contributed by atoms with Gasteiger partial charge in [0.25, 0.3) is 0 Å². The van der Waals surface area contributed by atoms with E-state index in [-0.39, 0.29) is 42.8 Å². The Morgan fingerprint density at radius 1 is 1.00 bits per heavy atom. The molecule has 0 saturated heterocycles. The van der Waals surface area contributed by atoms with Crippen LogP contribution in [0.1, 0.15) is 56.9 Å². The molecule has 4 aliphatic rings. The number of nitrogens with zero attached hydrogens (tertiary/aromatic N) is 2. The van der Waals surface area contributed by atoms with E-state index in [2.05, 4.69) is 0 Å². The molecule has 0 unspecified atom stereocenters. The molecule has 0 atom stereocenters. The summed E-state index contributed by atoms with van der Waals surface area (Å²) in [6, 6.07) is 10.4. The van der Waals surface area contributed by atoms with Crippen molar-refractivity contribution in [3.63, 3.8) is 0 Å². The molecule has 4 aliphatic carbocycles. The van der Waals surface area contributed by atoms with E-state index in [4.69, 9.17) is 15.0 Å². The molecule has 4 saturated carbocycles. The molecule has 0 aromatic heterocycles. The maximum atomic E-state index is 13.7. The minimum atomic E-state index is -4.33. The highest BCUT2D eigenvalue weighted by atomic mass is 31.2. The Kier molecular flexibility index (Phi) is 6.92. The molecular weight excluding hydrogens is 448 g/mol. The highest BCUT2D eigenvalue weighted by Crippen LogP contribution is 2.59. The molecule has 0 aliphatic heterocycles. The number of allylic oxidation sites excluding steroid dienone is 2. The van der Waals surface area contributed by atoms with Gasteiger partial charge in [0.2, 0.25) is 7.37 Å². The first-order valence-electron chi connectivity index (χ1n) is 11.6. The van der Waals surface area contributed by atoms with Crippen LogP contribution in [-0.4, -0.2) is 18.5 Å². The summed E-state index contributed by atoms with van der Waals surface area (Å²) in [4.78, 5) is 0. The van der Waals surface area contributed by atoms with Crippen LogP contribution in [0.5, 0.6) is 5.75 Å². The van der Waals surface area contributed by atoms with Crippen molar-refractivity contribution in [2.75, 3.05) is 12.3 Å². The molecule has 176 valence electrons. The molecule has 0 amide bonds. The Bertz CT molecular complexity index is 999. The molecule has 1 aromatic rings. The summed E-state index contributed by atoms with van der Waals surface area (Å²) in [5.41, 5.74) is 1.80. The van der Waals surface area contributed by atoms with Crippen LogP contribution in [-0.2, 0) is 4.57 Å². The number of hydrogen-bond acceptors (Lipinski definition) is 4. The standard InChI is InChI=1S/C25H28F3N2O2P/c26-25(27,28)16-23(24-20-11-17-10-18(13-20)14-21(24)12-17)19-4-1-5-22(15-19)32-33(31,8-2-6-29)9-3-7-30/h1,4-5,15,17-18,20-21H,2-3,8-14,16H2. The van der Waals surface area contributed by atoms with Gasteiger partial charge in [-0.05, 0) is 79.0 Å². The molecule has 4 nitrogen and oxygen atoms in total. The number of nitriles is 2. The zero-order valence-corrected chi connectivity index (χ0v) is 19.4. The number of halogens is 3. The fraction of sp³-hybridized carbons (Fsp3) is 0.600. The van der Waals surface area contributed by atoms with E-state index in [0.29, 0.717) is 23.0 Å². The maximum Gasteiger partial charge on any atom is 0.393 e. The highest BCUT2D eigenvalue weighted by Gasteiger charge is 2.47. The van der Waals surface area contributed by atoms with Gasteiger partial charge in [0.05, 0.1) is 18.6 Å². The van der Waals surface area contributed by atoms with Crippen LogP contribution in [0.2, 0.25) is 0 Å². The van der Waals surface area contributed by atoms with Crippen molar-refractivity contribution in [2.24, 2.45) is 23.7 Å². The van der Waals surface area contributed by atoms with Crippen molar-refractivity contribution in [2.45, 2.75) is 57.5 Å². The number of benzene rings is 1. The van der Waals surface area contributed by atoms with Crippen LogP contribution in [0.15, 0.2) is 29.8 Å². The average molecular weight is 476 g/mol. The molecule has 0 spiro atoms. The first-order chi connectivity index (χ1) is 15.7. The summed E-state index contributed by atoms with van der Waals surface area (Å²) in [5.74, 6) is 1.96. The molecule has 4 fully saturated rings. The fourth-order valence-corrected chi connectivity index (χ4v) is 8.12. The van der Waals surface area contributed by atoms with Gasteiger partial charge < -0.3 is 4.52 Å². The third kappa shape index (κ3) is 5.64. The normalized spacial score (nSPS) is 26.0. The number of rotatable bonds is 8. The molecule has 33 heavy (non-hydrogen) atoms. The van der Waals surface area contributed by atoms with Crippen molar-refractivity contribution in [1.29, 1.82) is 10.5 Å². The zero-order chi connectivity index (χ0) is 23.6. The smallest absolute Gasteiger partial charge is 0.393 e. The van der Waals surface area contributed by atoms with Crippen molar-refractivity contribution in [3.05, 3.63) is 35.4 Å². The third-order valence-electron chi connectivity index (χ3n) is 7.33. The van der Waals surface area contributed by atoms with Gasteiger partial charge in [-0.2, -0.15) is 23.7 Å². The van der Waals surface area contributed by atoms with E-state index < -0.39 is 20.0 Å². The largest absolute Gasteiger partial charge is 0.443 e. The minimum Gasteiger partial charge on any atom is -0.443 e. The number of hydrogen-bond donors (Lipinski definition) is 0. The molecule has 0 N–H and O–H groups in total. The first kappa shape index (κ1) is 23.9. The van der Waals surface area contributed by atoms with Gasteiger partial charge in [0.1, 0.15) is 5.75 Å². The summed E-state index contributed by atoms with van der Waals surface area (Å²) >= 11 is 0. The quantitative estimate of drug-likeness (QED) is 0.368. The SMILES string of the molecule is N#CCCP(=O)(CCC#N)Oc1cccc(C(CC(F)(F)F)=C2C3CC4CC(C3)CC2C4)c1. The van der Waals surface area contributed by atoms with Crippen LogP contribution < -0.4 is 4.52 Å². The third-order valence-corrected chi connectivity index (χ3v) is 9.68. The summed E-state index contributed by atoms with van der Waals surface area (Å²) in [6.07, 6.45) is -0.0769. The van der Waals surface area contributed by atoms with Crippen molar-refractivity contribution in [1.82, 2.24) is 0 Å². The van der Waals surface area contributed by atoms with Crippen LogP contribution in [0.4, 0.5) is 13.2 Å². The summed E-state index contributed by atoms with van der Waals surface area (Å²) in [7, 11) is -3.30.